The van der Waals surface area contributed by atoms with Crippen molar-refractivity contribution < 1.29 is 24.1 Å². The minimum Gasteiger partial charge on any atom is -0.501 e. The summed E-state index contributed by atoms with van der Waals surface area (Å²) in [6.07, 6.45) is 4.18. The quantitative estimate of drug-likeness (QED) is 0.781. The molecule has 0 saturated heterocycles. The molecule has 4 rings (SSSR count). The van der Waals surface area contributed by atoms with Crippen molar-refractivity contribution in [1.82, 2.24) is 0 Å². The van der Waals surface area contributed by atoms with Crippen molar-refractivity contribution in [3.05, 3.63) is 23.2 Å². The molecule has 24 heavy (non-hydrogen) atoms. The predicted octanol–water partition coefficient (Wildman–Crippen LogP) is 3.00. The number of hydrogen-bond acceptors (Lipinski definition) is 5. The van der Waals surface area contributed by atoms with Crippen molar-refractivity contribution in [2.24, 2.45) is 17.3 Å². The highest BCUT2D eigenvalue weighted by molar-refractivity contribution is 5.34. The minimum absolute atomic E-state index is 0.0741. The maximum Gasteiger partial charge on any atom is 0.147 e. The molecule has 136 valence electrons. The number of aliphatic hydroxyl groups is 1. The fourth-order valence-electron chi connectivity index (χ4n) is 4.78. The van der Waals surface area contributed by atoms with Gasteiger partial charge in [0.05, 0.1) is 25.7 Å². The van der Waals surface area contributed by atoms with Gasteiger partial charge in [0.15, 0.2) is 0 Å². The third-order valence-corrected chi connectivity index (χ3v) is 6.04. The first-order valence-electron chi connectivity index (χ1n) is 8.76. The van der Waals surface area contributed by atoms with Crippen LogP contribution in [0.25, 0.3) is 0 Å². The summed E-state index contributed by atoms with van der Waals surface area (Å²) in [5, 5.41) is 11.6. The summed E-state index contributed by atoms with van der Waals surface area (Å²) in [4.78, 5) is 0. The Labute approximate surface area is 144 Å². The van der Waals surface area contributed by atoms with Gasteiger partial charge < -0.3 is 24.1 Å². The predicted molar refractivity (Wildman–Crippen MR) is 90.1 cm³/mol. The van der Waals surface area contributed by atoms with Gasteiger partial charge in [-0.3, -0.25) is 0 Å². The Morgan fingerprint density at radius 1 is 1.25 bits per heavy atom. The molecular formula is C19H30O5. The molecule has 3 aliphatic carbocycles. The fraction of sp³-hybridized carbons (Fsp3) is 0.789. The topological polar surface area (TPSA) is 57.2 Å². The van der Waals surface area contributed by atoms with Crippen molar-refractivity contribution >= 4 is 0 Å². The summed E-state index contributed by atoms with van der Waals surface area (Å²) in [6.45, 7) is 7.49. The minimum atomic E-state index is -1.01. The van der Waals surface area contributed by atoms with E-state index in [0.29, 0.717) is 18.8 Å². The lowest BCUT2D eigenvalue weighted by Gasteiger charge is -2.56. The first-order valence-corrected chi connectivity index (χ1v) is 8.76. The van der Waals surface area contributed by atoms with Crippen LogP contribution in [-0.2, 0) is 18.9 Å². The monoisotopic (exact) mass is 338 g/mol. The number of methoxy groups -OCH3 is 2. The summed E-state index contributed by atoms with van der Waals surface area (Å²) in [5.74, 6) is 1.78. The third-order valence-electron chi connectivity index (χ3n) is 6.04. The number of rotatable bonds is 5. The molecule has 1 heterocycles. The van der Waals surface area contributed by atoms with Gasteiger partial charge >= 0.3 is 0 Å². The Morgan fingerprint density at radius 2 is 2.00 bits per heavy atom. The van der Waals surface area contributed by atoms with Crippen LogP contribution in [0.1, 0.15) is 40.0 Å². The lowest BCUT2D eigenvalue weighted by atomic mass is 9.52. The van der Waals surface area contributed by atoms with Gasteiger partial charge in [-0.2, -0.15) is 0 Å². The van der Waals surface area contributed by atoms with Gasteiger partial charge in [-0.05, 0) is 42.7 Å². The molecule has 1 fully saturated rings. The largest absolute Gasteiger partial charge is 0.501 e. The van der Waals surface area contributed by atoms with Crippen LogP contribution in [0.3, 0.4) is 0 Å². The van der Waals surface area contributed by atoms with Crippen LogP contribution in [0.2, 0.25) is 0 Å². The Balaban J connectivity index is 1.92. The Kier molecular flexibility index (Phi) is 4.71. The molecule has 0 unspecified atom stereocenters. The molecule has 0 radical (unpaired) electrons. The molecule has 0 amide bonds. The van der Waals surface area contributed by atoms with Gasteiger partial charge in [0.1, 0.15) is 23.9 Å². The fourth-order valence-corrected chi connectivity index (χ4v) is 4.78. The Hall–Kier alpha value is -1.04. The zero-order valence-corrected chi connectivity index (χ0v) is 15.4. The van der Waals surface area contributed by atoms with E-state index in [0.717, 1.165) is 18.6 Å². The molecule has 0 aromatic heterocycles. The summed E-state index contributed by atoms with van der Waals surface area (Å²) in [7, 11) is 3.31. The maximum atomic E-state index is 11.6. The molecule has 1 saturated carbocycles. The van der Waals surface area contributed by atoms with Crippen molar-refractivity contribution in [3.63, 3.8) is 0 Å². The highest BCUT2D eigenvalue weighted by Crippen LogP contribution is 2.60. The average Bonchev–Trinajstić information content (AvgIpc) is 2.55. The number of allylic oxidation sites excluding steroid dienone is 1. The zero-order chi connectivity index (χ0) is 17.5. The van der Waals surface area contributed by atoms with E-state index >= 15 is 0 Å². The second-order valence-electron chi connectivity index (χ2n) is 7.96. The van der Waals surface area contributed by atoms with Crippen molar-refractivity contribution in [3.8, 4) is 0 Å². The summed E-state index contributed by atoms with van der Waals surface area (Å²) in [5.41, 5.74) is 0.414. The summed E-state index contributed by atoms with van der Waals surface area (Å²) < 4.78 is 22.2. The molecular weight excluding hydrogens is 308 g/mol. The highest BCUT2D eigenvalue weighted by atomic mass is 16.7. The highest BCUT2D eigenvalue weighted by Gasteiger charge is 2.59. The lowest BCUT2D eigenvalue weighted by Crippen LogP contribution is -2.56. The van der Waals surface area contributed by atoms with Gasteiger partial charge in [0.2, 0.25) is 0 Å². The van der Waals surface area contributed by atoms with Crippen LogP contribution in [0.5, 0.6) is 0 Å². The number of fused-ring (bicyclic) bond motifs is 2. The van der Waals surface area contributed by atoms with E-state index in [-0.39, 0.29) is 30.1 Å². The van der Waals surface area contributed by atoms with E-state index in [1.807, 2.05) is 6.08 Å². The molecule has 4 aliphatic rings. The van der Waals surface area contributed by atoms with Crippen LogP contribution in [0.15, 0.2) is 23.2 Å². The van der Waals surface area contributed by atoms with Crippen LogP contribution >= 0.6 is 0 Å². The SMILES string of the molecule is COCO[C@@H]1C=C([C@]2(O)C[C@H]3C(C)=C(OC)[C@H]2CC3(C)C)OCC1. The summed E-state index contributed by atoms with van der Waals surface area (Å²) >= 11 is 0. The molecule has 0 aromatic carbocycles. The Bertz CT molecular complexity index is 550. The van der Waals surface area contributed by atoms with Gasteiger partial charge in [-0.25, -0.2) is 0 Å². The molecule has 5 nitrogen and oxygen atoms in total. The molecule has 0 spiro atoms. The maximum absolute atomic E-state index is 11.6. The summed E-state index contributed by atoms with van der Waals surface area (Å²) in [6, 6.07) is 0. The number of hydrogen-bond donors (Lipinski definition) is 1. The molecule has 5 heteroatoms. The molecule has 2 bridgehead atoms. The lowest BCUT2D eigenvalue weighted by molar-refractivity contribution is -0.129. The molecule has 0 aromatic rings. The number of ether oxygens (including phenoxy) is 4. The molecule has 1 aliphatic heterocycles. The Morgan fingerprint density at radius 3 is 2.67 bits per heavy atom. The second kappa shape index (κ2) is 6.36. The first kappa shape index (κ1) is 17.8. The standard InChI is InChI=1S/C19H30O5/c1-12-14-10-19(20,15(17(12)22-5)9-18(14,2)3)16-8-13(6-7-23-16)24-11-21-4/h8,13-15,20H,6-7,9-11H2,1-5H3/t13-,14-,15+,19-/m0/s1. The van der Waals surface area contributed by atoms with Crippen LogP contribution < -0.4 is 0 Å². The normalized spacial score (nSPS) is 37.9. The smallest absolute Gasteiger partial charge is 0.147 e. The molecule has 1 N–H and O–H groups in total. The zero-order valence-electron chi connectivity index (χ0n) is 15.4. The first-order chi connectivity index (χ1) is 11.3. The van der Waals surface area contributed by atoms with Gasteiger partial charge in [0.25, 0.3) is 0 Å². The van der Waals surface area contributed by atoms with Gasteiger partial charge in [0, 0.05) is 13.5 Å². The van der Waals surface area contributed by atoms with Crippen LogP contribution in [-0.4, -0.2) is 44.4 Å². The van der Waals surface area contributed by atoms with Crippen LogP contribution in [0.4, 0.5) is 0 Å². The van der Waals surface area contributed by atoms with Crippen LogP contribution in [0, 0.1) is 17.3 Å². The molecule has 4 atom stereocenters. The van der Waals surface area contributed by atoms with Gasteiger partial charge in [-0.15, -0.1) is 0 Å². The van der Waals surface area contributed by atoms with E-state index in [1.165, 1.54) is 5.57 Å². The van der Waals surface area contributed by atoms with E-state index < -0.39 is 5.60 Å². The third kappa shape index (κ3) is 2.76. The van der Waals surface area contributed by atoms with E-state index in [9.17, 15) is 5.11 Å². The van der Waals surface area contributed by atoms with Crippen molar-refractivity contribution in [2.75, 3.05) is 27.6 Å². The van der Waals surface area contributed by atoms with E-state index in [1.54, 1.807) is 14.2 Å². The average molecular weight is 338 g/mol. The van der Waals surface area contributed by atoms with Crippen molar-refractivity contribution in [2.45, 2.75) is 51.7 Å². The van der Waals surface area contributed by atoms with E-state index in [4.69, 9.17) is 18.9 Å². The van der Waals surface area contributed by atoms with Crippen molar-refractivity contribution in [1.29, 1.82) is 0 Å². The van der Waals surface area contributed by atoms with Gasteiger partial charge in [-0.1, -0.05) is 13.8 Å². The van der Waals surface area contributed by atoms with E-state index in [2.05, 4.69) is 20.8 Å². The second-order valence-corrected chi connectivity index (χ2v) is 7.96.